The van der Waals surface area contributed by atoms with E-state index in [-0.39, 0.29) is 17.9 Å². The third-order valence-electron chi connectivity index (χ3n) is 2.49. The standard InChI is InChI=1S/C12H24ClNO/c1-9(2)6-5-7-11(4)14-12(15)10(3)8-13/h9-11H,5-8H2,1-4H3,(H,14,15). The molecule has 90 valence electrons. The number of alkyl halides is 1. The summed E-state index contributed by atoms with van der Waals surface area (Å²) in [7, 11) is 0. The summed E-state index contributed by atoms with van der Waals surface area (Å²) in [5.41, 5.74) is 0. The van der Waals surface area contributed by atoms with Crippen molar-refractivity contribution in [3.63, 3.8) is 0 Å². The Bertz CT molecular complexity index is 182. The first-order chi connectivity index (χ1) is 6.97. The molecule has 3 heteroatoms. The van der Waals surface area contributed by atoms with Gasteiger partial charge in [0.25, 0.3) is 0 Å². The van der Waals surface area contributed by atoms with Gasteiger partial charge in [-0.05, 0) is 19.3 Å². The molecule has 0 aliphatic carbocycles. The molecule has 0 aliphatic heterocycles. The third kappa shape index (κ3) is 7.66. The van der Waals surface area contributed by atoms with E-state index >= 15 is 0 Å². The number of carbonyl (C=O) groups excluding carboxylic acids is 1. The van der Waals surface area contributed by atoms with Crippen LogP contribution in [0.5, 0.6) is 0 Å². The van der Waals surface area contributed by atoms with Crippen molar-refractivity contribution in [2.45, 2.75) is 53.0 Å². The van der Waals surface area contributed by atoms with Gasteiger partial charge in [0.2, 0.25) is 5.91 Å². The molecule has 2 atom stereocenters. The SMILES string of the molecule is CC(C)CCCC(C)NC(=O)C(C)CCl. The van der Waals surface area contributed by atoms with Gasteiger partial charge in [0.15, 0.2) is 0 Å². The van der Waals surface area contributed by atoms with E-state index in [0.29, 0.717) is 5.88 Å². The fourth-order valence-electron chi connectivity index (χ4n) is 1.36. The van der Waals surface area contributed by atoms with Crippen LogP contribution in [0, 0.1) is 11.8 Å². The van der Waals surface area contributed by atoms with E-state index in [4.69, 9.17) is 11.6 Å². The van der Waals surface area contributed by atoms with Crippen molar-refractivity contribution in [2.24, 2.45) is 11.8 Å². The number of carbonyl (C=O) groups is 1. The normalized spacial score (nSPS) is 15.1. The van der Waals surface area contributed by atoms with Gasteiger partial charge in [0.1, 0.15) is 0 Å². The third-order valence-corrected chi connectivity index (χ3v) is 2.95. The lowest BCUT2D eigenvalue weighted by Crippen LogP contribution is -2.36. The molecule has 0 aromatic heterocycles. The molecule has 0 aromatic rings. The second-order valence-corrected chi connectivity index (χ2v) is 5.10. The number of amides is 1. The molecule has 2 unspecified atom stereocenters. The van der Waals surface area contributed by atoms with Gasteiger partial charge in [0.05, 0.1) is 0 Å². The molecule has 0 radical (unpaired) electrons. The molecule has 0 bridgehead atoms. The topological polar surface area (TPSA) is 29.1 Å². The Morgan fingerprint density at radius 1 is 1.20 bits per heavy atom. The fraction of sp³-hybridized carbons (Fsp3) is 0.917. The maximum Gasteiger partial charge on any atom is 0.224 e. The van der Waals surface area contributed by atoms with Gasteiger partial charge in [-0.1, -0.05) is 33.6 Å². The molecule has 0 fully saturated rings. The molecular weight excluding hydrogens is 210 g/mol. The molecular formula is C12H24ClNO. The summed E-state index contributed by atoms with van der Waals surface area (Å²) in [6.45, 7) is 8.35. The van der Waals surface area contributed by atoms with Crippen molar-refractivity contribution in [1.29, 1.82) is 0 Å². The quantitative estimate of drug-likeness (QED) is 0.673. The number of hydrogen-bond acceptors (Lipinski definition) is 1. The highest BCUT2D eigenvalue weighted by Gasteiger charge is 2.13. The smallest absolute Gasteiger partial charge is 0.224 e. The lowest BCUT2D eigenvalue weighted by molar-refractivity contribution is -0.124. The highest BCUT2D eigenvalue weighted by Crippen LogP contribution is 2.08. The van der Waals surface area contributed by atoms with Gasteiger partial charge in [-0.15, -0.1) is 11.6 Å². The molecule has 1 amide bonds. The van der Waals surface area contributed by atoms with Crippen LogP contribution < -0.4 is 5.32 Å². The highest BCUT2D eigenvalue weighted by molar-refractivity contribution is 6.19. The average Bonchev–Trinajstić information content (AvgIpc) is 2.15. The van der Waals surface area contributed by atoms with Crippen molar-refractivity contribution in [2.75, 3.05) is 5.88 Å². The van der Waals surface area contributed by atoms with Gasteiger partial charge in [-0.3, -0.25) is 4.79 Å². The molecule has 0 heterocycles. The number of hydrogen-bond donors (Lipinski definition) is 1. The molecule has 15 heavy (non-hydrogen) atoms. The molecule has 0 aromatic carbocycles. The summed E-state index contributed by atoms with van der Waals surface area (Å²) in [5.74, 6) is 1.13. The van der Waals surface area contributed by atoms with Crippen LogP contribution in [-0.4, -0.2) is 17.8 Å². The maximum absolute atomic E-state index is 11.5. The van der Waals surface area contributed by atoms with Gasteiger partial charge in [-0.25, -0.2) is 0 Å². The van der Waals surface area contributed by atoms with E-state index in [2.05, 4.69) is 26.1 Å². The van der Waals surface area contributed by atoms with Crippen molar-refractivity contribution < 1.29 is 4.79 Å². The van der Waals surface area contributed by atoms with Crippen LogP contribution in [0.3, 0.4) is 0 Å². The molecule has 2 nitrogen and oxygen atoms in total. The maximum atomic E-state index is 11.5. The predicted molar refractivity (Wildman–Crippen MR) is 66.2 cm³/mol. The zero-order chi connectivity index (χ0) is 11.8. The Morgan fingerprint density at radius 2 is 1.80 bits per heavy atom. The van der Waals surface area contributed by atoms with Crippen LogP contribution in [0.2, 0.25) is 0 Å². The molecule has 0 spiro atoms. The Balaban J connectivity index is 3.64. The number of rotatable bonds is 7. The predicted octanol–water partition coefficient (Wildman–Crippen LogP) is 3.19. The minimum atomic E-state index is -0.0841. The summed E-state index contributed by atoms with van der Waals surface area (Å²) in [4.78, 5) is 11.5. The summed E-state index contributed by atoms with van der Waals surface area (Å²) >= 11 is 5.62. The summed E-state index contributed by atoms with van der Waals surface area (Å²) in [5, 5.41) is 2.98. The van der Waals surface area contributed by atoms with Crippen molar-refractivity contribution in [3.8, 4) is 0 Å². The van der Waals surface area contributed by atoms with E-state index < -0.39 is 0 Å². The van der Waals surface area contributed by atoms with Crippen LogP contribution >= 0.6 is 11.6 Å². The van der Waals surface area contributed by atoms with Gasteiger partial charge in [0, 0.05) is 17.8 Å². The van der Waals surface area contributed by atoms with Gasteiger partial charge < -0.3 is 5.32 Å². The van der Waals surface area contributed by atoms with E-state index in [1.807, 2.05) is 6.92 Å². The molecule has 0 saturated carbocycles. The molecule has 0 saturated heterocycles. The first kappa shape index (κ1) is 14.8. The van der Waals surface area contributed by atoms with Crippen LogP contribution in [0.1, 0.15) is 47.0 Å². The Labute approximate surface area is 98.8 Å². The second kappa shape index (κ2) is 7.98. The summed E-state index contributed by atoms with van der Waals surface area (Å²) in [6, 6.07) is 0.266. The van der Waals surface area contributed by atoms with Crippen LogP contribution in [0.25, 0.3) is 0 Å². The highest BCUT2D eigenvalue weighted by atomic mass is 35.5. The van der Waals surface area contributed by atoms with E-state index in [1.165, 1.54) is 12.8 Å². The molecule has 0 aliphatic rings. The monoisotopic (exact) mass is 233 g/mol. The first-order valence-corrected chi connectivity index (χ1v) is 6.37. The van der Waals surface area contributed by atoms with E-state index in [1.54, 1.807) is 0 Å². The van der Waals surface area contributed by atoms with Crippen LogP contribution in [0.4, 0.5) is 0 Å². The van der Waals surface area contributed by atoms with E-state index in [9.17, 15) is 4.79 Å². The van der Waals surface area contributed by atoms with Gasteiger partial charge in [-0.2, -0.15) is 0 Å². The lowest BCUT2D eigenvalue weighted by Gasteiger charge is -2.16. The van der Waals surface area contributed by atoms with Crippen molar-refractivity contribution in [3.05, 3.63) is 0 Å². The van der Waals surface area contributed by atoms with Gasteiger partial charge >= 0.3 is 0 Å². The van der Waals surface area contributed by atoms with E-state index in [0.717, 1.165) is 12.3 Å². The minimum absolute atomic E-state index is 0.0713. The van der Waals surface area contributed by atoms with Crippen molar-refractivity contribution >= 4 is 17.5 Å². The minimum Gasteiger partial charge on any atom is -0.353 e. The second-order valence-electron chi connectivity index (χ2n) is 4.79. The number of halogens is 1. The summed E-state index contributed by atoms with van der Waals surface area (Å²) in [6.07, 6.45) is 3.46. The molecule has 1 N–H and O–H groups in total. The largest absolute Gasteiger partial charge is 0.353 e. The molecule has 0 rings (SSSR count). The number of nitrogens with one attached hydrogen (secondary N) is 1. The van der Waals surface area contributed by atoms with Crippen LogP contribution in [0.15, 0.2) is 0 Å². The van der Waals surface area contributed by atoms with Crippen LogP contribution in [-0.2, 0) is 4.79 Å². The fourth-order valence-corrected chi connectivity index (χ4v) is 1.50. The first-order valence-electron chi connectivity index (χ1n) is 5.83. The average molecular weight is 234 g/mol. The Kier molecular flexibility index (Phi) is 7.85. The Morgan fingerprint density at radius 3 is 2.27 bits per heavy atom. The summed E-state index contributed by atoms with van der Waals surface area (Å²) < 4.78 is 0. The zero-order valence-corrected chi connectivity index (χ0v) is 11.1. The zero-order valence-electron chi connectivity index (χ0n) is 10.3. The van der Waals surface area contributed by atoms with Crippen molar-refractivity contribution in [1.82, 2.24) is 5.32 Å². The lowest BCUT2D eigenvalue weighted by atomic mass is 10.0. The Hall–Kier alpha value is -0.240.